The zero-order valence-corrected chi connectivity index (χ0v) is 14.1. The molecule has 21 heavy (non-hydrogen) atoms. The molecule has 0 saturated heterocycles. The Balaban J connectivity index is 2.15. The molecule has 0 heterocycles. The van der Waals surface area contributed by atoms with Gasteiger partial charge in [0.15, 0.2) is 0 Å². The number of benzene rings is 1. The van der Waals surface area contributed by atoms with Crippen LogP contribution in [0.15, 0.2) is 18.2 Å². The molecule has 3 nitrogen and oxygen atoms in total. The van der Waals surface area contributed by atoms with Crippen LogP contribution >= 0.6 is 0 Å². The Hall–Kier alpha value is -1.06. The number of aryl methyl sites for hydroxylation is 1. The summed E-state index contributed by atoms with van der Waals surface area (Å²) < 4.78 is 5.36. The Morgan fingerprint density at radius 1 is 1.38 bits per heavy atom. The van der Waals surface area contributed by atoms with Gasteiger partial charge in [-0.15, -0.1) is 0 Å². The first-order valence-electron chi connectivity index (χ1n) is 8.11. The van der Waals surface area contributed by atoms with Crippen LogP contribution in [0.3, 0.4) is 0 Å². The fourth-order valence-electron chi connectivity index (χ4n) is 3.36. The van der Waals surface area contributed by atoms with Crippen LogP contribution in [-0.2, 0) is 6.42 Å². The predicted octanol–water partition coefficient (Wildman–Crippen LogP) is 3.25. The van der Waals surface area contributed by atoms with Gasteiger partial charge in [0.2, 0.25) is 0 Å². The van der Waals surface area contributed by atoms with E-state index in [4.69, 9.17) is 4.74 Å². The average molecular weight is 290 g/mol. The van der Waals surface area contributed by atoms with E-state index in [-0.39, 0.29) is 0 Å². The van der Waals surface area contributed by atoms with Crippen molar-refractivity contribution in [2.24, 2.45) is 5.92 Å². The molecule has 1 aliphatic rings. The number of nitrogens with one attached hydrogen (secondary N) is 1. The van der Waals surface area contributed by atoms with Gasteiger partial charge in [0, 0.05) is 12.1 Å². The van der Waals surface area contributed by atoms with Crippen LogP contribution in [0.1, 0.15) is 43.9 Å². The van der Waals surface area contributed by atoms with Crippen molar-refractivity contribution in [3.63, 3.8) is 0 Å². The normalized spacial score (nSPS) is 21.7. The monoisotopic (exact) mass is 290 g/mol. The van der Waals surface area contributed by atoms with E-state index in [9.17, 15) is 0 Å². The summed E-state index contributed by atoms with van der Waals surface area (Å²) in [5, 5.41) is 3.53. The van der Waals surface area contributed by atoms with Crippen molar-refractivity contribution in [3.8, 4) is 5.75 Å². The standard InChI is InChI=1S/C18H30N2O/c1-13(2)10-11-20(4)17-9-6-14-12-15(21-5)7-8-16(14)18(17)19-3/h7-8,12-13,17-19H,6,9-11H2,1-5H3. The molecule has 1 aliphatic carbocycles. The van der Waals surface area contributed by atoms with Crippen molar-refractivity contribution < 1.29 is 4.74 Å². The van der Waals surface area contributed by atoms with Crippen LogP contribution in [-0.4, -0.2) is 38.7 Å². The van der Waals surface area contributed by atoms with E-state index < -0.39 is 0 Å². The third-order valence-electron chi connectivity index (χ3n) is 4.72. The van der Waals surface area contributed by atoms with Crippen molar-refractivity contribution in [3.05, 3.63) is 29.3 Å². The molecule has 0 saturated carbocycles. The predicted molar refractivity (Wildman–Crippen MR) is 89.0 cm³/mol. The molecule has 118 valence electrons. The summed E-state index contributed by atoms with van der Waals surface area (Å²) >= 11 is 0. The highest BCUT2D eigenvalue weighted by Crippen LogP contribution is 2.34. The number of methoxy groups -OCH3 is 1. The van der Waals surface area contributed by atoms with Crippen molar-refractivity contribution in [2.75, 3.05) is 27.7 Å². The number of ether oxygens (including phenoxy) is 1. The number of rotatable bonds is 6. The first-order chi connectivity index (χ1) is 10.1. The van der Waals surface area contributed by atoms with Crippen LogP contribution < -0.4 is 10.1 Å². The molecule has 2 atom stereocenters. The second-order valence-electron chi connectivity index (χ2n) is 6.60. The quantitative estimate of drug-likeness (QED) is 0.870. The van der Waals surface area contributed by atoms with Crippen LogP contribution in [0.25, 0.3) is 0 Å². The minimum atomic E-state index is 0.414. The fraction of sp³-hybridized carbons (Fsp3) is 0.667. The van der Waals surface area contributed by atoms with Gasteiger partial charge in [-0.1, -0.05) is 19.9 Å². The molecular formula is C18H30N2O. The van der Waals surface area contributed by atoms with Crippen molar-refractivity contribution in [1.29, 1.82) is 0 Å². The van der Waals surface area contributed by atoms with Crippen LogP contribution in [0.2, 0.25) is 0 Å². The first kappa shape index (κ1) is 16.3. The minimum absolute atomic E-state index is 0.414. The van der Waals surface area contributed by atoms with Gasteiger partial charge in [0.25, 0.3) is 0 Å². The highest BCUT2D eigenvalue weighted by Gasteiger charge is 2.31. The maximum atomic E-state index is 5.36. The van der Waals surface area contributed by atoms with E-state index in [1.165, 1.54) is 30.5 Å². The molecule has 1 aromatic carbocycles. The summed E-state index contributed by atoms with van der Waals surface area (Å²) in [5.41, 5.74) is 2.87. The molecule has 0 amide bonds. The minimum Gasteiger partial charge on any atom is -0.497 e. The van der Waals surface area contributed by atoms with Gasteiger partial charge in [0.1, 0.15) is 5.75 Å². The molecular weight excluding hydrogens is 260 g/mol. The Morgan fingerprint density at radius 3 is 2.76 bits per heavy atom. The van der Waals surface area contributed by atoms with E-state index >= 15 is 0 Å². The zero-order chi connectivity index (χ0) is 15.4. The summed E-state index contributed by atoms with van der Waals surface area (Å²) in [5.74, 6) is 1.73. The van der Waals surface area contributed by atoms with E-state index in [0.29, 0.717) is 12.1 Å². The Kier molecular flexibility index (Phi) is 5.65. The molecule has 0 aliphatic heterocycles. The highest BCUT2D eigenvalue weighted by atomic mass is 16.5. The van der Waals surface area contributed by atoms with Gasteiger partial charge < -0.3 is 15.0 Å². The van der Waals surface area contributed by atoms with Gasteiger partial charge >= 0.3 is 0 Å². The lowest BCUT2D eigenvalue weighted by atomic mass is 9.83. The number of nitrogens with zero attached hydrogens (tertiary/aromatic N) is 1. The summed E-state index contributed by atoms with van der Waals surface area (Å²) in [7, 11) is 6.09. The molecule has 0 bridgehead atoms. The van der Waals surface area contributed by atoms with Crippen molar-refractivity contribution >= 4 is 0 Å². The maximum Gasteiger partial charge on any atom is 0.119 e. The molecule has 1 N–H and O–H groups in total. The zero-order valence-electron chi connectivity index (χ0n) is 14.1. The second kappa shape index (κ2) is 7.28. The van der Waals surface area contributed by atoms with E-state index in [1.54, 1.807) is 7.11 Å². The summed E-state index contributed by atoms with van der Waals surface area (Å²) in [6, 6.07) is 7.51. The van der Waals surface area contributed by atoms with E-state index in [0.717, 1.165) is 18.1 Å². The number of hydrogen-bond acceptors (Lipinski definition) is 3. The number of likely N-dealkylation sites (N-methyl/N-ethyl adjacent to an activating group) is 2. The lowest BCUT2D eigenvalue weighted by molar-refractivity contribution is 0.169. The maximum absolute atomic E-state index is 5.36. The third kappa shape index (κ3) is 3.78. The molecule has 3 heteroatoms. The third-order valence-corrected chi connectivity index (χ3v) is 4.72. The largest absolute Gasteiger partial charge is 0.497 e. The summed E-state index contributed by atoms with van der Waals surface area (Å²) in [6.07, 6.45) is 3.61. The second-order valence-corrected chi connectivity index (χ2v) is 6.60. The SMILES string of the molecule is CNC1c2ccc(OC)cc2CCC1N(C)CCC(C)C. The smallest absolute Gasteiger partial charge is 0.119 e. The van der Waals surface area contributed by atoms with Crippen LogP contribution in [0, 0.1) is 5.92 Å². The van der Waals surface area contributed by atoms with Gasteiger partial charge in [-0.05, 0) is 69.1 Å². The Bertz CT molecular complexity index is 459. The lowest BCUT2D eigenvalue weighted by Crippen LogP contribution is -2.45. The molecule has 0 fully saturated rings. The first-order valence-corrected chi connectivity index (χ1v) is 8.11. The van der Waals surface area contributed by atoms with Gasteiger partial charge in [-0.3, -0.25) is 0 Å². The van der Waals surface area contributed by atoms with E-state index in [2.05, 4.69) is 56.4 Å². The molecule has 0 radical (unpaired) electrons. The van der Waals surface area contributed by atoms with Gasteiger partial charge in [-0.2, -0.15) is 0 Å². The van der Waals surface area contributed by atoms with Gasteiger partial charge in [0.05, 0.1) is 7.11 Å². The average Bonchev–Trinajstić information content (AvgIpc) is 2.50. The Morgan fingerprint density at radius 2 is 2.14 bits per heavy atom. The molecule has 1 aromatic rings. The summed E-state index contributed by atoms with van der Waals surface area (Å²) in [6.45, 7) is 5.77. The highest BCUT2D eigenvalue weighted by molar-refractivity contribution is 5.40. The van der Waals surface area contributed by atoms with Crippen LogP contribution in [0.5, 0.6) is 5.75 Å². The molecule has 0 spiro atoms. The molecule has 0 aromatic heterocycles. The number of fused-ring (bicyclic) bond motifs is 1. The Labute approximate surface area is 129 Å². The van der Waals surface area contributed by atoms with Crippen LogP contribution in [0.4, 0.5) is 0 Å². The number of hydrogen-bond donors (Lipinski definition) is 1. The van der Waals surface area contributed by atoms with Crippen molar-refractivity contribution in [1.82, 2.24) is 10.2 Å². The topological polar surface area (TPSA) is 24.5 Å². The van der Waals surface area contributed by atoms with Gasteiger partial charge in [-0.25, -0.2) is 0 Å². The van der Waals surface area contributed by atoms with Crippen molar-refractivity contribution in [2.45, 2.75) is 45.2 Å². The fourth-order valence-corrected chi connectivity index (χ4v) is 3.36. The van der Waals surface area contributed by atoms with E-state index in [1.807, 2.05) is 0 Å². The summed E-state index contributed by atoms with van der Waals surface area (Å²) in [4.78, 5) is 2.54. The molecule has 2 unspecified atom stereocenters. The molecule has 2 rings (SSSR count). The lowest BCUT2D eigenvalue weighted by Gasteiger charge is -2.39.